The van der Waals surface area contributed by atoms with Gasteiger partial charge in [0, 0.05) is 33.6 Å². The van der Waals surface area contributed by atoms with Gasteiger partial charge >= 0.3 is 0 Å². The highest BCUT2D eigenvalue weighted by atomic mass is 79.9. The van der Waals surface area contributed by atoms with Gasteiger partial charge in [0.15, 0.2) is 0 Å². The Morgan fingerprint density at radius 3 is 2.37 bits per heavy atom. The summed E-state index contributed by atoms with van der Waals surface area (Å²) < 4.78 is 1.82. The monoisotopic (exact) mass is 388 g/mol. The second-order valence-corrected chi connectivity index (χ2v) is 6.67. The zero-order valence-corrected chi connectivity index (χ0v) is 14.1. The molecule has 1 heterocycles. The second-order valence-electron chi connectivity index (χ2n) is 4.84. The van der Waals surface area contributed by atoms with Crippen LogP contribution in [0.4, 0.5) is 0 Å². The van der Waals surface area contributed by atoms with E-state index in [0.29, 0.717) is 11.6 Å². The Hall–Kier alpha value is -0.390. The second kappa shape index (κ2) is 6.86. The van der Waals surface area contributed by atoms with Crippen molar-refractivity contribution in [3.8, 4) is 0 Å². The predicted octanol–water partition coefficient (Wildman–Crippen LogP) is 3.43. The van der Waals surface area contributed by atoms with Crippen LogP contribution in [0.2, 0.25) is 0 Å². The van der Waals surface area contributed by atoms with Crippen LogP contribution in [0, 0.1) is 0 Å². The largest absolute Gasteiger partial charge is 0.349 e. The minimum Gasteiger partial charge on any atom is -0.349 e. The van der Waals surface area contributed by atoms with Gasteiger partial charge in [-0.1, -0.05) is 38.8 Å². The first-order valence-corrected chi connectivity index (χ1v) is 8.16. The van der Waals surface area contributed by atoms with Gasteiger partial charge in [-0.15, -0.1) is 0 Å². The van der Waals surface area contributed by atoms with Gasteiger partial charge in [0.05, 0.1) is 0 Å². The number of hydrogen-bond donors (Lipinski definition) is 1. The van der Waals surface area contributed by atoms with Gasteiger partial charge in [0.25, 0.3) is 5.91 Å². The smallest absolute Gasteiger partial charge is 0.251 e. The maximum atomic E-state index is 12.2. The van der Waals surface area contributed by atoms with E-state index >= 15 is 0 Å². The Morgan fingerprint density at radius 1 is 1.26 bits per heavy atom. The van der Waals surface area contributed by atoms with Crippen LogP contribution in [-0.4, -0.2) is 36.5 Å². The highest BCUT2D eigenvalue weighted by molar-refractivity contribution is 9.11. The van der Waals surface area contributed by atoms with E-state index in [4.69, 9.17) is 0 Å². The lowest BCUT2D eigenvalue weighted by atomic mass is 10.0. The molecule has 5 heteroatoms. The normalized spacial score (nSPS) is 17.4. The van der Waals surface area contributed by atoms with E-state index in [0.717, 1.165) is 41.4 Å². The number of hydrogen-bond acceptors (Lipinski definition) is 2. The molecule has 1 amide bonds. The first-order chi connectivity index (χ1) is 9.08. The number of rotatable bonds is 3. The van der Waals surface area contributed by atoms with Gasteiger partial charge in [-0.3, -0.25) is 4.79 Å². The van der Waals surface area contributed by atoms with Gasteiger partial charge in [0.1, 0.15) is 0 Å². The predicted molar refractivity (Wildman–Crippen MR) is 84.4 cm³/mol. The van der Waals surface area contributed by atoms with Gasteiger partial charge in [-0.05, 0) is 37.6 Å². The van der Waals surface area contributed by atoms with E-state index in [9.17, 15) is 4.79 Å². The fourth-order valence-corrected chi connectivity index (χ4v) is 3.64. The number of benzene rings is 1. The third-order valence-corrected chi connectivity index (χ3v) is 4.41. The third kappa shape index (κ3) is 4.29. The highest BCUT2D eigenvalue weighted by Gasteiger charge is 2.20. The Balaban J connectivity index is 1.94. The summed E-state index contributed by atoms with van der Waals surface area (Å²) in [6, 6.07) is 5.92. The molecule has 1 aromatic rings. The Bertz CT molecular complexity index is 437. The number of likely N-dealkylation sites (tertiary alicyclic amines) is 1. The van der Waals surface area contributed by atoms with Crippen molar-refractivity contribution in [2.45, 2.75) is 25.8 Å². The van der Waals surface area contributed by atoms with Gasteiger partial charge in [-0.25, -0.2) is 0 Å². The van der Waals surface area contributed by atoms with E-state index in [2.05, 4.69) is 49.0 Å². The average Bonchev–Trinajstić information content (AvgIpc) is 2.38. The van der Waals surface area contributed by atoms with Gasteiger partial charge in [-0.2, -0.15) is 0 Å². The molecule has 1 aliphatic rings. The Kier molecular flexibility index (Phi) is 5.42. The molecule has 1 N–H and O–H groups in total. The molecule has 104 valence electrons. The van der Waals surface area contributed by atoms with Crippen molar-refractivity contribution in [3.63, 3.8) is 0 Å². The van der Waals surface area contributed by atoms with Crippen LogP contribution in [0.5, 0.6) is 0 Å². The molecule has 1 aromatic carbocycles. The van der Waals surface area contributed by atoms with Crippen molar-refractivity contribution in [1.82, 2.24) is 10.2 Å². The van der Waals surface area contributed by atoms with E-state index in [1.165, 1.54) is 0 Å². The molecule has 1 aliphatic heterocycles. The summed E-state index contributed by atoms with van der Waals surface area (Å²) in [7, 11) is 0. The van der Waals surface area contributed by atoms with Crippen molar-refractivity contribution in [2.75, 3.05) is 19.6 Å². The number of nitrogens with zero attached hydrogens (tertiary/aromatic N) is 1. The summed E-state index contributed by atoms with van der Waals surface area (Å²) >= 11 is 6.81. The lowest BCUT2D eigenvalue weighted by molar-refractivity contribution is 0.0912. The highest BCUT2D eigenvalue weighted by Crippen LogP contribution is 2.20. The van der Waals surface area contributed by atoms with Gasteiger partial charge < -0.3 is 10.2 Å². The quantitative estimate of drug-likeness (QED) is 0.858. The standard InChI is InChI=1S/C14H18Br2N2O/c1-2-18-5-3-13(4-6-18)17-14(19)10-7-11(15)9-12(16)8-10/h7-9,13H,2-6H2,1H3,(H,17,19). The lowest BCUT2D eigenvalue weighted by Gasteiger charge is -2.31. The average molecular weight is 390 g/mol. The Labute approximate surface area is 131 Å². The summed E-state index contributed by atoms with van der Waals surface area (Å²) in [4.78, 5) is 14.6. The van der Waals surface area contributed by atoms with Crippen molar-refractivity contribution in [3.05, 3.63) is 32.7 Å². The molecule has 0 atom stereocenters. The molecule has 3 nitrogen and oxygen atoms in total. The molecular formula is C14H18Br2N2O. The first kappa shape index (κ1) is 15.0. The van der Waals surface area contributed by atoms with E-state index < -0.39 is 0 Å². The molecule has 0 saturated carbocycles. The minimum atomic E-state index is 0.0111. The third-order valence-electron chi connectivity index (χ3n) is 3.49. The Morgan fingerprint density at radius 2 is 1.84 bits per heavy atom. The summed E-state index contributed by atoms with van der Waals surface area (Å²) in [5.74, 6) is 0.0111. The van der Waals surface area contributed by atoms with Crippen molar-refractivity contribution < 1.29 is 4.79 Å². The van der Waals surface area contributed by atoms with Crippen LogP contribution < -0.4 is 5.32 Å². The zero-order chi connectivity index (χ0) is 13.8. The van der Waals surface area contributed by atoms with Crippen LogP contribution in [0.1, 0.15) is 30.1 Å². The molecule has 1 fully saturated rings. The molecular weight excluding hydrogens is 372 g/mol. The van der Waals surface area contributed by atoms with Crippen LogP contribution in [0.15, 0.2) is 27.1 Å². The van der Waals surface area contributed by atoms with Gasteiger partial charge in [0.2, 0.25) is 0 Å². The maximum absolute atomic E-state index is 12.2. The number of halogens is 2. The van der Waals surface area contributed by atoms with Crippen LogP contribution in [0.25, 0.3) is 0 Å². The first-order valence-electron chi connectivity index (χ1n) is 6.58. The summed E-state index contributed by atoms with van der Waals surface area (Å²) in [5, 5.41) is 3.13. The van der Waals surface area contributed by atoms with E-state index in [1.54, 1.807) is 0 Å². The molecule has 0 unspecified atom stereocenters. The van der Waals surface area contributed by atoms with Crippen molar-refractivity contribution in [2.24, 2.45) is 0 Å². The molecule has 0 bridgehead atoms. The summed E-state index contributed by atoms with van der Waals surface area (Å²) in [6.07, 6.45) is 2.07. The molecule has 0 aliphatic carbocycles. The molecule has 19 heavy (non-hydrogen) atoms. The minimum absolute atomic E-state index is 0.0111. The lowest BCUT2D eigenvalue weighted by Crippen LogP contribution is -2.44. The number of piperidine rings is 1. The SMILES string of the molecule is CCN1CCC(NC(=O)c2cc(Br)cc(Br)c2)CC1. The molecule has 0 spiro atoms. The maximum Gasteiger partial charge on any atom is 0.251 e. The van der Waals surface area contributed by atoms with E-state index in [1.807, 2.05) is 18.2 Å². The van der Waals surface area contributed by atoms with Crippen molar-refractivity contribution >= 4 is 37.8 Å². The van der Waals surface area contributed by atoms with Crippen LogP contribution >= 0.6 is 31.9 Å². The van der Waals surface area contributed by atoms with Crippen molar-refractivity contribution in [1.29, 1.82) is 0 Å². The summed E-state index contributed by atoms with van der Waals surface area (Å²) in [6.45, 7) is 5.42. The number of nitrogens with one attached hydrogen (secondary N) is 1. The number of amides is 1. The summed E-state index contributed by atoms with van der Waals surface area (Å²) in [5.41, 5.74) is 0.694. The topological polar surface area (TPSA) is 32.3 Å². The number of carbonyl (C=O) groups is 1. The molecule has 0 radical (unpaired) electrons. The molecule has 0 aromatic heterocycles. The fourth-order valence-electron chi connectivity index (χ4n) is 2.35. The number of carbonyl (C=O) groups excluding carboxylic acids is 1. The van der Waals surface area contributed by atoms with Crippen LogP contribution in [0.3, 0.4) is 0 Å². The fraction of sp³-hybridized carbons (Fsp3) is 0.500. The molecule has 2 rings (SSSR count). The molecule has 1 saturated heterocycles. The zero-order valence-electron chi connectivity index (χ0n) is 11.0. The van der Waals surface area contributed by atoms with E-state index in [-0.39, 0.29) is 5.91 Å². The van der Waals surface area contributed by atoms with Crippen LogP contribution in [-0.2, 0) is 0 Å².